The molecule has 9 nitrogen and oxygen atoms in total. The molecule has 0 aliphatic heterocycles. The van der Waals surface area contributed by atoms with Crippen LogP contribution in [0.1, 0.15) is 239 Å². The Morgan fingerprint density at radius 3 is 1.29 bits per heavy atom. The molecule has 0 spiro atoms. The van der Waals surface area contributed by atoms with Gasteiger partial charge in [-0.05, 0) is 122 Å². The number of esters is 1. The van der Waals surface area contributed by atoms with Crippen molar-refractivity contribution in [3.05, 3.63) is 122 Å². The molecule has 2 N–H and O–H groups in total. The van der Waals surface area contributed by atoms with Gasteiger partial charge in [-0.15, -0.1) is 0 Å². The number of hydrogen-bond donors (Lipinski definition) is 2. The van der Waals surface area contributed by atoms with Gasteiger partial charge in [-0.3, -0.25) is 18.6 Å². The first-order valence-electron chi connectivity index (χ1n) is 30.9. The van der Waals surface area contributed by atoms with Crippen molar-refractivity contribution in [2.45, 2.75) is 251 Å². The third kappa shape index (κ3) is 56.9. The number of rotatable bonds is 54. The normalized spacial score (nSPS) is 14.5. The number of carbonyl (C=O) groups excluding carboxylic acids is 2. The van der Waals surface area contributed by atoms with Crippen molar-refractivity contribution in [2.75, 3.05) is 40.9 Å². The van der Waals surface area contributed by atoms with Crippen molar-refractivity contribution in [2.24, 2.45) is 0 Å². The van der Waals surface area contributed by atoms with Gasteiger partial charge in [0, 0.05) is 12.8 Å². The smallest absolute Gasteiger partial charge is 0.456 e. The molecule has 0 aromatic heterocycles. The van der Waals surface area contributed by atoms with Gasteiger partial charge in [-0.1, -0.05) is 226 Å². The first kappa shape index (κ1) is 73.4. The van der Waals surface area contributed by atoms with Crippen molar-refractivity contribution in [1.82, 2.24) is 5.32 Å². The molecule has 0 saturated heterocycles. The second-order valence-electron chi connectivity index (χ2n) is 21.5. The molecule has 440 valence electrons. The van der Waals surface area contributed by atoms with Crippen LogP contribution in [-0.2, 0) is 27.9 Å². The highest BCUT2D eigenvalue weighted by atomic mass is 31.2. The van der Waals surface area contributed by atoms with Crippen molar-refractivity contribution in [3.8, 4) is 0 Å². The first-order valence-corrected chi connectivity index (χ1v) is 32.4. The summed E-state index contributed by atoms with van der Waals surface area (Å²) < 4.78 is 30.6. The van der Waals surface area contributed by atoms with Crippen LogP contribution in [0, 0.1) is 0 Å². The quantitative estimate of drug-likeness (QED) is 0.0205. The van der Waals surface area contributed by atoms with Crippen LogP contribution in [0.5, 0.6) is 0 Å². The summed E-state index contributed by atoms with van der Waals surface area (Å²) >= 11 is 0. The van der Waals surface area contributed by atoms with E-state index in [1.807, 2.05) is 33.3 Å². The molecule has 0 aliphatic rings. The van der Waals surface area contributed by atoms with Gasteiger partial charge in [-0.2, -0.15) is 0 Å². The van der Waals surface area contributed by atoms with Crippen molar-refractivity contribution >= 4 is 19.7 Å². The predicted octanol–water partition coefficient (Wildman–Crippen LogP) is 19.1. The molecule has 0 saturated carbocycles. The van der Waals surface area contributed by atoms with E-state index in [0.717, 1.165) is 128 Å². The van der Waals surface area contributed by atoms with E-state index in [0.29, 0.717) is 23.9 Å². The fourth-order valence-electron chi connectivity index (χ4n) is 8.12. The number of likely N-dealkylation sites (N-methyl/N-ethyl adjacent to an activating group) is 1. The summed E-state index contributed by atoms with van der Waals surface area (Å²) in [5, 5.41) is 3.03. The maximum Gasteiger partial charge on any atom is 0.472 e. The third-order valence-electron chi connectivity index (χ3n) is 12.9. The molecule has 0 aromatic rings. The number of nitrogens with one attached hydrogen (secondary N) is 1. The zero-order chi connectivity index (χ0) is 56.4. The molecule has 0 bridgehead atoms. The van der Waals surface area contributed by atoms with Crippen LogP contribution in [0.25, 0.3) is 0 Å². The zero-order valence-corrected chi connectivity index (χ0v) is 51.1. The molecular weight excluding hydrogens is 976 g/mol. The molecule has 3 atom stereocenters. The summed E-state index contributed by atoms with van der Waals surface area (Å²) in [6, 6.07) is -0.881. The Kier molecular flexibility index (Phi) is 53.1. The number of ether oxygens (including phenoxy) is 1. The van der Waals surface area contributed by atoms with Gasteiger partial charge in [0.2, 0.25) is 5.91 Å². The molecule has 10 heteroatoms. The molecule has 1 amide bonds. The van der Waals surface area contributed by atoms with Crippen LogP contribution in [-0.4, -0.2) is 74.3 Å². The van der Waals surface area contributed by atoms with Crippen LogP contribution in [0.4, 0.5) is 0 Å². The molecule has 0 radical (unpaired) electrons. The van der Waals surface area contributed by atoms with Crippen molar-refractivity contribution in [3.63, 3.8) is 0 Å². The van der Waals surface area contributed by atoms with Gasteiger partial charge < -0.3 is 19.4 Å². The fraction of sp³-hybridized carbons (Fsp3) is 0.672. The Balaban J connectivity index is 5.34. The minimum atomic E-state index is -4.47. The van der Waals surface area contributed by atoms with E-state index in [1.54, 1.807) is 0 Å². The minimum Gasteiger partial charge on any atom is -0.456 e. The van der Waals surface area contributed by atoms with Gasteiger partial charge in [0.05, 0.1) is 33.8 Å². The van der Waals surface area contributed by atoms with Gasteiger partial charge in [0.25, 0.3) is 0 Å². The van der Waals surface area contributed by atoms with E-state index in [-0.39, 0.29) is 31.5 Å². The Hall–Kier alpha value is -3.59. The number of amides is 1. The third-order valence-corrected chi connectivity index (χ3v) is 13.9. The molecule has 3 unspecified atom stereocenters. The van der Waals surface area contributed by atoms with Crippen LogP contribution >= 0.6 is 7.82 Å². The van der Waals surface area contributed by atoms with Crippen molar-refractivity contribution in [1.29, 1.82) is 0 Å². The second kappa shape index (κ2) is 55.7. The molecular formula is C67H116N2O7P+. The van der Waals surface area contributed by atoms with Crippen LogP contribution < -0.4 is 5.32 Å². The number of phosphoric ester groups is 1. The van der Waals surface area contributed by atoms with Gasteiger partial charge in [0.15, 0.2) is 0 Å². The lowest BCUT2D eigenvalue weighted by molar-refractivity contribution is -0.870. The first-order chi connectivity index (χ1) is 37.4. The highest BCUT2D eigenvalue weighted by Gasteiger charge is 2.30. The van der Waals surface area contributed by atoms with E-state index in [4.69, 9.17) is 13.8 Å². The van der Waals surface area contributed by atoms with Gasteiger partial charge >= 0.3 is 13.8 Å². The zero-order valence-electron chi connectivity index (χ0n) is 50.2. The number of allylic oxidation sites excluding steroid dienone is 19. The SMILES string of the molecule is CC/C=C\C/C=C\C/C=C\C/C=C\C/C=C\CCCCCC(=O)OC(/C=C/CCCCCCCCCCC)C(COP(=O)(O)OCC[N+](C)(C)C)NC(=O)CCCCCCC/C=C\C/C=C\C/C=C\C/C=C\CCCCC. The van der Waals surface area contributed by atoms with Gasteiger partial charge in [-0.25, -0.2) is 4.57 Å². The maximum absolute atomic E-state index is 13.5. The summed E-state index contributed by atoms with van der Waals surface area (Å²) in [5.74, 6) is -0.573. The van der Waals surface area contributed by atoms with E-state index in [9.17, 15) is 19.0 Å². The largest absolute Gasteiger partial charge is 0.472 e. The Labute approximate surface area is 473 Å². The van der Waals surface area contributed by atoms with E-state index in [1.165, 1.54) is 70.6 Å². The Morgan fingerprint density at radius 1 is 0.468 bits per heavy atom. The second-order valence-corrected chi connectivity index (χ2v) is 22.9. The molecule has 0 aliphatic carbocycles. The summed E-state index contributed by atoms with van der Waals surface area (Å²) in [6.07, 6.45) is 77.7. The summed E-state index contributed by atoms with van der Waals surface area (Å²) in [6.45, 7) is 6.81. The van der Waals surface area contributed by atoms with Crippen molar-refractivity contribution < 1.29 is 37.3 Å². The van der Waals surface area contributed by atoms with Gasteiger partial charge in [0.1, 0.15) is 19.3 Å². The molecule has 0 rings (SSSR count). The summed E-state index contributed by atoms with van der Waals surface area (Å²) in [4.78, 5) is 37.7. The summed E-state index contributed by atoms with van der Waals surface area (Å²) in [7, 11) is 1.44. The number of nitrogens with zero attached hydrogens (tertiary/aromatic N) is 1. The number of unbranched alkanes of at least 4 members (excludes halogenated alkanes) is 20. The lowest BCUT2D eigenvalue weighted by Crippen LogP contribution is -2.47. The number of quaternary nitrogens is 1. The molecule has 0 aromatic carbocycles. The lowest BCUT2D eigenvalue weighted by atomic mass is 10.1. The molecule has 77 heavy (non-hydrogen) atoms. The lowest BCUT2D eigenvalue weighted by Gasteiger charge is -2.27. The monoisotopic (exact) mass is 1090 g/mol. The predicted molar refractivity (Wildman–Crippen MR) is 332 cm³/mol. The number of carbonyl (C=O) groups is 2. The molecule has 0 heterocycles. The summed E-state index contributed by atoms with van der Waals surface area (Å²) in [5.41, 5.74) is 0. The van der Waals surface area contributed by atoms with E-state index in [2.05, 4.69) is 135 Å². The van der Waals surface area contributed by atoms with Crippen LogP contribution in [0.15, 0.2) is 122 Å². The highest BCUT2D eigenvalue weighted by Crippen LogP contribution is 2.43. The fourth-order valence-corrected chi connectivity index (χ4v) is 8.86. The van der Waals surface area contributed by atoms with E-state index < -0.39 is 20.0 Å². The molecule has 0 fully saturated rings. The highest BCUT2D eigenvalue weighted by molar-refractivity contribution is 7.47. The standard InChI is InChI=1S/C67H115N2O7P/c1-7-10-13-16-19-22-25-27-29-31-33-34-36-37-39-41-44-47-50-53-56-59-66(70)68-64(63-75-77(72,73)74-62-61-69(4,5)6)65(58-55-52-49-46-43-24-21-18-15-12-9-3)76-67(71)60-57-54-51-48-45-42-40-38-35-32-30-28-26-23-20-17-14-11-8-2/h11,14,19-20,22-23,27-30,33-35,37-39,42,45,55,58,64-65H,7-10,12-13,15-18,21,24-26,31-32,36,40-41,43-44,46-54,56-57,59-63H2,1-6H3,(H-,68,70,72,73)/p+1/b14-11-,22-19-,23-20-,29-27-,30-28-,34-33-,38-35-,39-37-,45-42-,58-55+. The average Bonchev–Trinajstić information content (AvgIpc) is 3.39. The minimum absolute atomic E-state index is 0.0238. The Morgan fingerprint density at radius 2 is 0.831 bits per heavy atom. The Bertz CT molecular complexity index is 1730. The maximum atomic E-state index is 13.5. The van der Waals surface area contributed by atoms with Crippen LogP contribution in [0.2, 0.25) is 0 Å². The van der Waals surface area contributed by atoms with E-state index >= 15 is 0 Å². The number of phosphoric acid groups is 1. The number of hydrogen-bond acceptors (Lipinski definition) is 6. The van der Waals surface area contributed by atoms with Crippen LogP contribution in [0.3, 0.4) is 0 Å². The topological polar surface area (TPSA) is 111 Å². The average molecular weight is 1090 g/mol.